The minimum absolute atomic E-state index is 0.189. The zero-order chi connectivity index (χ0) is 27.7. The Morgan fingerprint density at radius 2 is 1.82 bits per heavy atom. The number of carboxylic acids is 1. The van der Waals surface area contributed by atoms with Crippen molar-refractivity contribution in [1.29, 1.82) is 0 Å². The second-order valence-electron chi connectivity index (χ2n) is 10.8. The normalized spacial score (nSPS) is 25.2. The van der Waals surface area contributed by atoms with Crippen molar-refractivity contribution in [3.63, 3.8) is 0 Å². The highest BCUT2D eigenvalue weighted by Crippen LogP contribution is 2.52. The average Bonchev–Trinajstić information content (AvgIpc) is 2.79. The standard InChI is InChI=1S/C28H34Cl2N2O5S/c1-18(13-14-31-38(36,37)23-7-4-8-23)32-26(19-9-11-21(29)12-10-19)24(20-5-3-6-22(30)15-20)16-28(2,27(32)35)17-25(33)34/h3,5-6,9-12,15,18,23-24,26,31H,4,7-8,13-14,16-17H2,1-2H3,(H,33,34)/t18-,24+,26+,28+/m0/s1. The molecule has 1 aliphatic carbocycles. The number of nitrogens with one attached hydrogen (secondary N) is 1. The number of piperidine rings is 1. The summed E-state index contributed by atoms with van der Waals surface area (Å²) in [4.78, 5) is 27.8. The van der Waals surface area contributed by atoms with Crippen molar-refractivity contribution in [2.24, 2.45) is 5.41 Å². The molecule has 1 saturated carbocycles. The third kappa shape index (κ3) is 6.19. The van der Waals surface area contributed by atoms with Crippen LogP contribution < -0.4 is 4.72 Å². The molecular formula is C28H34Cl2N2O5S. The Morgan fingerprint density at radius 1 is 1.13 bits per heavy atom. The molecule has 7 nitrogen and oxygen atoms in total. The van der Waals surface area contributed by atoms with Gasteiger partial charge in [0.05, 0.1) is 23.1 Å². The quantitative estimate of drug-likeness (QED) is 0.370. The van der Waals surface area contributed by atoms with E-state index in [1.807, 2.05) is 37.3 Å². The Morgan fingerprint density at radius 3 is 2.39 bits per heavy atom. The summed E-state index contributed by atoms with van der Waals surface area (Å²) in [5, 5.41) is 10.5. The highest BCUT2D eigenvalue weighted by atomic mass is 35.5. The highest BCUT2D eigenvalue weighted by Gasteiger charge is 2.51. The van der Waals surface area contributed by atoms with Gasteiger partial charge in [0.15, 0.2) is 0 Å². The summed E-state index contributed by atoms with van der Waals surface area (Å²) in [6.07, 6.45) is 2.65. The molecule has 10 heteroatoms. The maximum atomic E-state index is 14.1. The topological polar surface area (TPSA) is 104 Å². The summed E-state index contributed by atoms with van der Waals surface area (Å²) in [6, 6.07) is 14.0. The van der Waals surface area contributed by atoms with E-state index in [9.17, 15) is 23.1 Å². The Bertz CT molecular complexity index is 1280. The van der Waals surface area contributed by atoms with Crippen LogP contribution in [0.2, 0.25) is 10.0 Å². The lowest BCUT2D eigenvalue weighted by Crippen LogP contribution is -2.56. The second kappa shape index (κ2) is 11.5. The summed E-state index contributed by atoms with van der Waals surface area (Å²) < 4.78 is 27.8. The number of aliphatic carboxylic acids is 1. The largest absolute Gasteiger partial charge is 0.481 e. The van der Waals surface area contributed by atoms with E-state index in [4.69, 9.17) is 23.2 Å². The van der Waals surface area contributed by atoms with Crippen LogP contribution in [0.3, 0.4) is 0 Å². The average molecular weight is 582 g/mol. The van der Waals surface area contributed by atoms with Crippen molar-refractivity contribution < 1.29 is 23.1 Å². The molecule has 0 radical (unpaired) electrons. The Labute approximate surface area is 234 Å². The van der Waals surface area contributed by atoms with Gasteiger partial charge in [-0.3, -0.25) is 9.59 Å². The van der Waals surface area contributed by atoms with E-state index in [-0.39, 0.29) is 36.1 Å². The van der Waals surface area contributed by atoms with Crippen LogP contribution in [-0.4, -0.2) is 48.1 Å². The summed E-state index contributed by atoms with van der Waals surface area (Å²) >= 11 is 12.5. The van der Waals surface area contributed by atoms with E-state index in [1.165, 1.54) is 0 Å². The molecule has 1 saturated heterocycles. The Hall–Kier alpha value is -2.13. The van der Waals surface area contributed by atoms with Gasteiger partial charge >= 0.3 is 5.97 Å². The van der Waals surface area contributed by atoms with Crippen LogP contribution in [0.4, 0.5) is 0 Å². The van der Waals surface area contributed by atoms with Crippen molar-refractivity contribution in [3.8, 4) is 0 Å². The molecule has 0 spiro atoms. The lowest BCUT2D eigenvalue weighted by molar-refractivity contribution is -0.160. The first-order valence-electron chi connectivity index (χ1n) is 13.0. The maximum absolute atomic E-state index is 14.1. The fourth-order valence-corrected chi connectivity index (χ4v) is 7.63. The molecule has 1 amide bonds. The molecule has 0 bridgehead atoms. The zero-order valence-electron chi connectivity index (χ0n) is 21.6. The van der Waals surface area contributed by atoms with Gasteiger partial charge in [-0.15, -0.1) is 0 Å². The lowest BCUT2D eigenvalue weighted by Gasteiger charge is -2.51. The summed E-state index contributed by atoms with van der Waals surface area (Å²) in [7, 11) is -3.39. The predicted molar refractivity (Wildman–Crippen MR) is 149 cm³/mol. The fourth-order valence-electron chi connectivity index (χ4n) is 5.71. The van der Waals surface area contributed by atoms with Crippen LogP contribution in [0.5, 0.6) is 0 Å². The molecule has 1 heterocycles. The molecule has 2 aliphatic rings. The van der Waals surface area contributed by atoms with Gasteiger partial charge in [-0.1, -0.05) is 60.8 Å². The number of carbonyl (C=O) groups is 2. The first kappa shape index (κ1) is 28.9. The van der Waals surface area contributed by atoms with Gasteiger partial charge in [0.2, 0.25) is 15.9 Å². The molecular weight excluding hydrogens is 547 g/mol. The van der Waals surface area contributed by atoms with Crippen LogP contribution in [0.25, 0.3) is 0 Å². The number of rotatable bonds is 10. The van der Waals surface area contributed by atoms with Gasteiger partial charge in [0, 0.05) is 28.5 Å². The molecule has 1 aliphatic heterocycles. The Kier molecular flexibility index (Phi) is 8.77. The second-order valence-corrected chi connectivity index (χ2v) is 13.8. The summed E-state index contributed by atoms with van der Waals surface area (Å²) in [6.45, 7) is 3.78. The van der Waals surface area contributed by atoms with E-state index in [0.717, 1.165) is 17.5 Å². The van der Waals surface area contributed by atoms with Crippen LogP contribution in [0.15, 0.2) is 48.5 Å². The highest BCUT2D eigenvalue weighted by molar-refractivity contribution is 7.90. The number of carbonyl (C=O) groups excluding carboxylic acids is 1. The van der Waals surface area contributed by atoms with Crippen molar-refractivity contribution >= 4 is 45.1 Å². The molecule has 0 aromatic heterocycles. The molecule has 38 heavy (non-hydrogen) atoms. The number of carboxylic acid groups (broad SMARTS) is 1. The van der Waals surface area contributed by atoms with Gasteiger partial charge in [-0.25, -0.2) is 13.1 Å². The number of likely N-dealkylation sites (tertiary alicyclic amines) is 1. The minimum atomic E-state index is -3.39. The molecule has 2 fully saturated rings. The van der Waals surface area contributed by atoms with Crippen LogP contribution in [-0.2, 0) is 19.6 Å². The van der Waals surface area contributed by atoms with Gasteiger partial charge in [-0.2, -0.15) is 0 Å². The van der Waals surface area contributed by atoms with E-state index in [1.54, 1.807) is 30.0 Å². The number of benzene rings is 2. The minimum Gasteiger partial charge on any atom is -0.481 e. The molecule has 206 valence electrons. The molecule has 0 unspecified atom stereocenters. The van der Waals surface area contributed by atoms with E-state index in [2.05, 4.69) is 4.72 Å². The third-order valence-corrected chi connectivity index (χ3v) is 10.4. The smallest absolute Gasteiger partial charge is 0.304 e. The monoisotopic (exact) mass is 580 g/mol. The molecule has 2 N–H and O–H groups in total. The molecule has 4 atom stereocenters. The van der Waals surface area contributed by atoms with Crippen molar-refractivity contribution in [3.05, 3.63) is 69.7 Å². The molecule has 4 rings (SSSR count). The number of nitrogens with zero attached hydrogens (tertiary/aromatic N) is 1. The third-order valence-electron chi connectivity index (χ3n) is 7.96. The van der Waals surface area contributed by atoms with Gasteiger partial charge in [0.1, 0.15) is 0 Å². The van der Waals surface area contributed by atoms with Crippen molar-refractivity contribution in [1.82, 2.24) is 9.62 Å². The van der Waals surface area contributed by atoms with Gasteiger partial charge in [-0.05, 0) is 68.0 Å². The first-order chi connectivity index (χ1) is 17.9. The number of sulfonamides is 1. The van der Waals surface area contributed by atoms with E-state index in [0.29, 0.717) is 35.7 Å². The van der Waals surface area contributed by atoms with E-state index >= 15 is 0 Å². The zero-order valence-corrected chi connectivity index (χ0v) is 23.9. The van der Waals surface area contributed by atoms with Crippen molar-refractivity contribution in [2.75, 3.05) is 6.54 Å². The molecule has 2 aromatic carbocycles. The van der Waals surface area contributed by atoms with Crippen LogP contribution in [0, 0.1) is 5.41 Å². The van der Waals surface area contributed by atoms with Gasteiger partial charge in [0.25, 0.3) is 0 Å². The Balaban J connectivity index is 1.72. The number of amides is 1. The van der Waals surface area contributed by atoms with Crippen molar-refractivity contribution in [2.45, 2.75) is 75.6 Å². The van der Waals surface area contributed by atoms with Crippen LogP contribution in [0.1, 0.15) is 75.5 Å². The fraction of sp³-hybridized carbons (Fsp3) is 0.500. The number of hydrogen-bond acceptors (Lipinski definition) is 4. The summed E-state index contributed by atoms with van der Waals surface area (Å²) in [5.74, 6) is -1.55. The number of halogens is 2. The summed E-state index contributed by atoms with van der Waals surface area (Å²) in [5.41, 5.74) is 0.623. The predicted octanol–water partition coefficient (Wildman–Crippen LogP) is 5.78. The van der Waals surface area contributed by atoms with E-state index < -0.39 is 27.4 Å². The van der Waals surface area contributed by atoms with Gasteiger partial charge < -0.3 is 10.0 Å². The molecule has 2 aromatic rings. The number of hydrogen-bond donors (Lipinski definition) is 2. The maximum Gasteiger partial charge on any atom is 0.304 e. The lowest BCUT2D eigenvalue weighted by atomic mass is 9.67. The first-order valence-corrected chi connectivity index (χ1v) is 15.3. The van der Waals surface area contributed by atoms with Crippen LogP contribution >= 0.6 is 23.2 Å². The SMILES string of the molecule is C[C@@H](CCNS(=O)(=O)C1CCC1)N1C(=O)[C@@](C)(CC(=O)O)C[C@H](c2cccc(Cl)c2)[C@H]1c1ccc(Cl)cc1.